The Morgan fingerprint density at radius 2 is 1.60 bits per heavy atom. The molecule has 0 unspecified atom stereocenters. The summed E-state index contributed by atoms with van der Waals surface area (Å²) in [5.74, 6) is -2.12. The summed E-state index contributed by atoms with van der Waals surface area (Å²) < 4.78 is 13.4. The quantitative estimate of drug-likeness (QED) is 0.626. The highest BCUT2D eigenvalue weighted by atomic mass is 19.1. The van der Waals surface area contributed by atoms with Gasteiger partial charge >= 0.3 is 0 Å². The van der Waals surface area contributed by atoms with Gasteiger partial charge in [0, 0.05) is 18.4 Å². The summed E-state index contributed by atoms with van der Waals surface area (Å²) in [6, 6.07) is 12.7. The fourth-order valence-corrected chi connectivity index (χ4v) is 2.20. The maximum absolute atomic E-state index is 13.4. The lowest BCUT2D eigenvalue weighted by molar-refractivity contribution is -0.121. The number of nitrogens with one attached hydrogen (secondary N) is 2. The van der Waals surface area contributed by atoms with Gasteiger partial charge in [-0.3, -0.25) is 25.2 Å². The van der Waals surface area contributed by atoms with E-state index >= 15 is 0 Å². The highest BCUT2D eigenvalue weighted by Crippen LogP contribution is 2.09. The molecule has 2 aromatic carbocycles. The Morgan fingerprint density at radius 1 is 0.920 bits per heavy atom. The van der Waals surface area contributed by atoms with Gasteiger partial charge < -0.3 is 0 Å². The van der Waals surface area contributed by atoms with Crippen LogP contribution in [0.1, 0.15) is 46.0 Å². The number of carbonyl (C=O) groups excluding carboxylic acids is 3. The molecular weight excluding hydrogens is 323 g/mol. The van der Waals surface area contributed by atoms with Crippen LogP contribution in [0.3, 0.4) is 0 Å². The van der Waals surface area contributed by atoms with Gasteiger partial charge in [0.1, 0.15) is 5.82 Å². The van der Waals surface area contributed by atoms with Gasteiger partial charge in [-0.15, -0.1) is 0 Å². The van der Waals surface area contributed by atoms with E-state index in [0.717, 1.165) is 18.1 Å². The molecule has 6 heteroatoms. The lowest BCUT2D eigenvalue weighted by atomic mass is 10.0. The van der Waals surface area contributed by atoms with Crippen LogP contribution in [-0.2, 0) is 11.2 Å². The van der Waals surface area contributed by atoms with Gasteiger partial charge in [0.2, 0.25) is 5.91 Å². The van der Waals surface area contributed by atoms with Crippen LogP contribution < -0.4 is 10.9 Å². The van der Waals surface area contributed by atoms with Crippen molar-refractivity contribution < 1.29 is 18.8 Å². The average Bonchev–Trinajstić information content (AvgIpc) is 2.64. The Morgan fingerprint density at radius 3 is 2.24 bits per heavy atom. The molecule has 0 spiro atoms. The van der Waals surface area contributed by atoms with E-state index < -0.39 is 17.6 Å². The highest BCUT2D eigenvalue weighted by Gasteiger charge is 2.13. The number of amides is 2. The van der Waals surface area contributed by atoms with Crippen LogP contribution in [0.15, 0.2) is 48.5 Å². The monoisotopic (exact) mass is 342 g/mol. The fraction of sp³-hybridized carbons (Fsp3) is 0.211. The van der Waals surface area contributed by atoms with Gasteiger partial charge in [-0.25, -0.2) is 4.39 Å². The summed E-state index contributed by atoms with van der Waals surface area (Å²) in [5.41, 5.74) is 5.80. The molecule has 0 saturated heterocycles. The normalized spacial score (nSPS) is 10.2. The molecule has 0 aliphatic heterocycles. The standard InChI is InChI=1S/C19H19FN2O3/c1-2-13-7-9-14(10-8-13)17(23)11-12-18(24)21-22-19(25)15-5-3-4-6-16(15)20/h3-10H,2,11-12H2,1H3,(H,21,24)(H,22,25). The predicted molar refractivity (Wildman–Crippen MR) is 91.4 cm³/mol. The number of hydrogen-bond acceptors (Lipinski definition) is 3. The number of hydrazine groups is 1. The Hall–Kier alpha value is -3.02. The van der Waals surface area contributed by atoms with Gasteiger partial charge in [-0.05, 0) is 24.1 Å². The molecule has 0 saturated carbocycles. The lowest BCUT2D eigenvalue weighted by Gasteiger charge is -2.08. The SMILES string of the molecule is CCc1ccc(C(=O)CCC(=O)NNC(=O)c2ccccc2F)cc1. The minimum Gasteiger partial charge on any atom is -0.294 e. The molecule has 0 radical (unpaired) electrons. The van der Waals surface area contributed by atoms with E-state index in [0.29, 0.717) is 5.56 Å². The van der Waals surface area contributed by atoms with Crippen molar-refractivity contribution in [1.29, 1.82) is 0 Å². The number of aryl methyl sites for hydroxylation is 1. The second kappa shape index (κ2) is 8.73. The molecule has 2 aromatic rings. The molecule has 25 heavy (non-hydrogen) atoms. The molecule has 0 heterocycles. The van der Waals surface area contributed by atoms with Crippen LogP contribution in [0.4, 0.5) is 4.39 Å². The van der Waals surface area contributed by atoms with Crippen LogP contribution in [0, 0.1) is 5.82 Å². The van der Waals surface area contributed by atoms with Gasteiger partial charge in [-0.2, -0.15) is 0 Å². The minimum atomic E-state index is -0.757. The van der Waals surface area contributed by atoms with E-state index in [4.69, 9.17) is 0 Å². The molecule has 0 aliphatic carbocycles. The summed E-state index contributed by atoms with van der Waals surface area (Å²) in [5, 5.41) is 0. The zero-order valence-corrected chi connectivity index (χ0v) is 13.8. The first-order valence-corrected chi connectivity index (χ1v) is 7.97. The molecule has 130 valence electrons. The third-order valence-corrected chi connectivity index (χ3v) is 3.70. The molecule has 0 atom stereocenters. The number of hydrogen-bond donors (Lipinski definition) is 2. The van der Waals surface area contributed by atoms with E-state index in [9.17, 15) is 18.8 Å². The highest BCUT2D eigenvalue weighted by molar-refractivity contribution is 5.99. The summed E-state index contributed by atoms with van der Waals surface area (Å²) in [4.78, 5) is 35.5. The zero-order chi connectivity index (χ0) is 18.2. The summed E-state index contributed by atoms with van der Waals surface area (Å²) in [6.45, 7) is 2.02. The first-order chi connectivity index (χ1) is 12.0. The van der Waals surface area contributed by atoms with Crippen molar-refractivity contribution in [2.45, 2.75) is 26.2 Å². The van der Waals surface area contributed by atoms with Gasteiger partial charge in [0.05, 0.1) is 5.56 Å². The van der Waals surface area contributed by atoms with Crippen molar-refractivity contribution in [2.75, 3.05) is 0 Å². The van der Waals surface area contributed by atoms with Crippen molar-refractivity contribution >= 4 is 17.6 Å². The third kappa shape index (κ3) is 5.24. The van der Waals surface area contributed by atoms with E-state index in [-0.39, 0.29) is 24.2 Å². The van der Waals surface area contributed by atoms with Crippen LogP contribution in [0.5, 0.6) is 0 Å². The van der Waals surface area contributed by atoms with Crippen molar-refractivity contribution in [2.24, 2.45) is 0 Å². The zero-order valence-electron chi connectivity index (χ0n) is 13.8. The molecule has 2 rings (SSSR count). The summed E-state index contributed by atoms with van der Waals surface area (Å²) >= 11 is 0. The van der Waals surface area contributed by atoms with Crippen molar-refractivity contribution in [3.05, 3.63) is 71.0 Å². The van der Waals surface area contributed by atoms with Gasteiger partial charge in [0.25, 0.3) is 5.91 Å². The first-order valence-electron chi connectivity index (χ1n) is 7.97. The number of rotatable bonds is 6. The van der Waals surface area contributed by atoms with E-state index in [2.05, 4.69) is 10.9 Å². The van der Waals surface area contributed by atoms with Crippen molar-refractivity contribution in [3.63, 3.8) is 0 Å². The predicted octanol–water partition coefficient (Wildman–Crippen LogP) is 2.81. The topological polar surface area (TPSA) is 75.3 Å². The second-order valence-electron chi connectivity index (χ2n) is 5.46. The molecule has 0 aliphatic rings. The average molecular weight is 342 g/mol. The smallest absolute Gasteiger partial charge is 0.272 e. The third-order valence-electron chi connectivity index (χ3n) is 3.70. The van der Waals surface area contributed by atoms with Crippen molar-refractivity contribution in [3.8, 4) is 0 Å². The van der Waals surface area contributed by atoms with E-state index in [1.165, 1.54) is 18.2 Å². The van der Waals surface area contributed by atoms with Crippen LogP contribution in [-0.4, -0.2) is 17.6 Å². The number of carbonyl (C=O) groups is 3. The number of Topliss-reactive ketones (excluding diaryl/α,β-unsaturated/α-hetero) is 1. The summed E-state index contributed by atoms with van der Waals surface area (Å²) in [7, 11) is 0. The van der Waals surface area contributed by atoms with Gasteiger partial charge in [-0.1, -0.05) is 43.3 Å². The van der Waals surface area contributed by atoms with Crippen LogP contribution in [0.25, 0.3) is 0 Å². The maximum atomic E-state index is 13.4. The number of halogens is 1. The Balaban J connectivity index is 1.79. The molecule has 2 N–H and O–H groups in total. The van der Waals surface area contributed by atoms with Gasteiger partial charge in [0.15, 0.2) is 5.78 Å². The molecule has 5 nitrogen and oxygen atoms in total. The fourth-order valence-electron chi connectivity index (χ4n) is 2.20. The molecule has 2 amide bonds. The summed E-state index contributed by atoms with van der Waals surface area (Å²) in [6.07, 6.45) is 0.831. The van der Waals surface area contributed by atoms with Crippen LogP contribution >= 0.6 is 0 Å². The Kier molecular flexibility index (Phi) is 6.39. The number of benzene rings is 2. The largest absolute Gasteiger partial charge is 0.294 e. The lowest BCUT2D eigenvalue weighted by Crippen LogP contribution is -2.42. The van der Waals surface area contributed by atoms with E-state index in [1.54, 1.807) is 12.1 Å². The Bertz CT molecular complexity index is 772. The van der Waals surface area contributed by atoms with Crippen LogP contribution in [0.2, 0.25) is 0 Å². The maximum Gasteiger partial charge on any atom is 0.272 e. The molecular formula is C19H19FN2O3. The molecule has 0 bridgehead atoms. The van der Waals surface area contributed by atoms with Crippen molar-refractivity contribution in [1.82, 2.24) is 10.9 Å². The minimum absolute atomic E-state index is 0.0207. The Labute approximate surface area is 145 Å². The first kappa shape index (κ1) is 18.3. The second-order valence-corrected chi connectivity index (χ2v) is 5.46. The molecule has 0 aromatic heterocycles. The number of ketones is 1. The van der Waals surface area contributed by atoms with E-state index in [1.807, 2.05) is 19.1 Å². The molecule has 0 fully saturated rings.